The molecule has 1 unspecified atom stereocenters. The summed E-state index contributed by atoms with van der Waals surface area (Å²) in [6, 6.07) is 17.7. The van der Waals surface area contributed by atoms with Crippen LogP contribution in [0.15, 0.2) is 65.6 Å². The largest absolute Gasteiger partial charge is 0.497 e. The molecule has 0 spiro atoms. The Morgan fingerprint density at radius 2 is 1.74 bits per heavy atom. The van der Waals surface area contributed by atoms with E-state index in [4.69, 9.17) is 15.9 Å². The van der Waals surface area contributed by atoms with Crippen molar-refractivity contribution in [1.29, 1.82) is 5.41 Å². The maximum atomic E-state index is 13.1. The fourth-order valence-corrected chi connectivity index (χ4v) is 4.82. The van der Waals surface area contributed by atoms with E-state index < -0.39 is 16.1 Å². The molecule has 3 aromatic rings. The Labute approximate surface area is 206 Å². The number of nitrogen functional groups attached to an aromatic ring is 1. The lowest BCUT2D eigenvalue weighted by Gasteiger charge is -2.24. The molecule has 10 heteroatoms. The summed E-state index contributed by atoms with van der Waals surface area (Å²) >= 11 is 0. The first-order chi connectivity index (χ1) is 16.6. The predicted molar refractivity (Wildman–Crippen MR) is 140 cm³/mol. The van der Waals surface area contributed by atoms with Crippen LogP contribution in [0.25, 0.3) is 10.8 Å². The number of aliphatic hydroxyl groups excluding tert-OH is 1. The van der Waals surface area contributed by atoms with Gasteiger partial charge < -0.3 is 25.8 Å². The van der Waals surface area contributed by atoms with Crippen molar-refractivity contribution in [3.05, 3.63) is 66.2 Å². The molecule has 35 heavy (non-hydrogen) atoms. The van der Waals surface area contributed by atoms with Crippen LogP contribution in [0.4, 0.5) is 5.69 Å². The minimum absolute atomic E-state index is 0.00559. The zero-order valence-corrected chi connectivity index (χ0v) is 21.0. The molecular weight excluding hydrogens is 466 g/mol. The third kappa shape index (κ3) is 6.92. The number of sulfonamides is 1. The number of aliphatic hydroxyl groups is 1. The summed E-state index contributed by atoms with van der Waals surface area (Å²) in [5, 5.41) is 22.7. The minimum atomic E-state index is -3.66. The SMILES string of the molecule is COc1ccc2ccc(S(=O)(=O)N(C)CCN(C)CC(O)CNc3ccc(C(=N)N)cc3)cc2c1. The third-order valence-electron chi connectivity index (χ3n) is 5.78. The molecule has 3 rings (SSSR count). The van der Waals surface area contributed by atoms with Crippen LogP contribution in [-0.4, -0.2) is 82.1 Å². The highest BCUT2D eigenvalue weighted by atomic mass is 32.2. The molecule has 0 aliphatic carbocycles. The molecule has 0 saturated carbocycles. The molecule has 0 aliphatic rings. The predicted octanol–water partition coefficient (Wildman–Crippen LogP) is 2.16. The number of likely N-dealkylation sites (N-methyl/N-ethyl adjacent to an activating group) is 2. The van der Waals surface area contributed by atoms with Gasteiger partial charge in [-0.05, 0) is 66.4 Å². The summed E-state index contributed by atoms with van der Waals surface area (Å²) in [4.78, 5) is 2.12. The zero-order chi connectivity index (χ0) is 25.6. The average Bonchev–Trinajstić information content (AvgIpc) is 2.85. The van der Waals surface area contributed by atoms with Crippen LogP contribution in [0.3, 0.4) is 0 Å². The van der Waals surface area contributed by atoms with Gasteiger partial charge in [0.25, 0.3) is 0 Å². The number of nitrogens with zero attached hydrogens (tertiary/aromatic N) is 2. The van der Waals surface area contributed by atoms with Crippen molar-refractivity contribution >= 4 is 32.3 Å². The molecule has 9 nitrogen and oxygen atoms in total. The van der Waals surface area contributed by atoms with E-state index in [-0.39, 0.29) is 17.3 Å². The number of benzene rings is 3. The Kier molecular flexibility index (Phi) is 8.68. The van der Waals surface area contributed by atoms with Crippen molar-refractivity contribution < 1.29 is 18.3 Å². The summed E-state index contributed by atoms with van der Waals surface area (Å²) in [6.07, 6.45) is -0.648. The Morgan fingerprint density at radius 3 is 2.40 bits per heavy atom. The fraction of sp³-hybridized carbons (Fsp3) is 0.320. The van der Waals surface area contributed by atoms with Crippen LogP contribution < -0.4 is 15.8 Å². The Bertz CT molecular complexity index is 1260. The molecule has 0 saturated heterocycles. The number of nitrogens with two attached hydrogens (primary N) is 1. The van der Waals surface area contributed by atoms with E-state index in [1.807, 2.05) is 30.1 Å². The molecule has 1 atom stereocenters. The van der Waals surface area contributed by atoms with Gasteiger partial charge >= 0.3 is 0 Å². The number of methoxy groups -OCH3 is 1. The molecule has 0 amide bonds. The number of fused-ring (bicyclic) bond motifs is 1. The van der Waals surface area contributed by atoms with Crippen molar-refractivity contribution in [3.63, 3.8) is 0 Å². The van der Waals surface area contributed by atoms with Crippen LogP contribution in [0, 0.1) is 5.41 Å². The lowest BCUT2D eigenvalue weighted by molar-refractivity contribution is 0.134. The Morgan fingerprint density at radius 1 is 1.06 bits per heavy atom. The van der Waals surface area contributed by atoms with E-state index in [1.165, 1.54) is 4.31 Å². The number of hydrogen-bond donors (Lipinski definition) is 4. The van der Waals surface area contributed by atoms with Gasteiger partial charge in [-0.1, -0.05) is 12.1 Å². The molecular formula is C25H33N5O4S. The van der Waals surface area contributed by atoms with E-state index in [2.05, 4.69) is 5.32 Å². The molecule has 0 heterocycles. The highest BCUT2D eigenvalue weighted by Gasteiger charge is 2.21. The number of ether oxygens (including phenoxy) is 1. The van der Waals surface area contributed by atoms with E-state index in [1.54, 1.807) is 56.6 Å². The second-order valence-electron chi connectivity index (χ2n) is 8.49. The van der Waals surface area contributed by atoms with Crippen molar-refractivity contribution in [3.8, 4) is 5.75 Å². The van der Waals surface area contributed by atoms with Crippen LogP contribution in [-0.2, 0) is 10.0 Å². The lowest BCUT2D eigenvalue weighted by Crippen LogP contribution is -2.39. The molecule has 0 radical (unpaired) electrons. The highest BCUT2D eigenvalue weighted by molar-refractivity contribution is 7.89. The van der Waals surface area contributed by atoms with Crippen LogP contribution in [0.1, 0.15) is 5.56 Å². The van der Waals surface area contributed by atoms with Gasteiger partial charge in [0.1, 0.15) is 11.6 Å². The van der Waals surface area contributed by atoms with Crippen molar-refractivity contribution in [2.75, 3.05) is 52.7 Å². The summed E-state index contributed by atoms with van der Waals surface area (Å²) in [5.74, 6) is 0.675. The molecule has 0 aliphatic heterocycles. The van der Waals surface area contributed by atoms with E-state index in [0.717, 1.165) is 16.5 Å². The Balaban J connectivity index is 1.51. The molecule has 3 aromatic carbocycles. The summed E-state index contributed by atoms with van der Waals surface area (Å²) in [7, 11) is 1.31. The van der Waals surface area contributed by atoms with Gasteiger partial charge in [-0.15, -0.1) is 0 Å². The van der Waals surface area contributed by atoms with Gasteiger partial charge in [0.15, 0.2) is 0 Å². The normalized spacial score (nSPS) is 12.7. The second kappa shape index (κ2) is 11.5. The number of hydrogen-bond acceptors (Lipinski definition) is 7. The van der Waals surface area contributed by atoms with Crippen molar-refractivity contribution in [1.82, 2.24) is 9.21 Å². The number of rotatable bonds is 12. The van der Waals surface area contributed by atoms with E-state index in [9.17, 15) is 13.5 Å². The number of anilines is 1. The molecule has 0 bridgehead atoms. The first-order valence-electron chi connectivity index (χ1n) is 11.2. The first-order valence-corrected chi connectivity index (χ1v) is 12.6. The lowest BCUT2D eigenvalue weighted by atomic mass is 10.1. The molecule has 188 valence electrons. The number of amidine groups is 1. The number of nitrogens with one attached hydrogen (secondary N) is 2. The molecule has 5 N–H and O–H groups in total. The monoisotopic (exact) mass is 499 g/mol. The second-order valence-corrected chi connectivity index (χ2v) is 10.5. The third-order valence-corrected chi connectivity index (χ3v) is 7.64. The summed E-state index contributed by atoms with van der Waals surface area (Å²) in [6.45, 7) is 1.45. The summed E-state index contributed by atoms with van der Waals surface area (Å²) < 4.78 is 32.7. The summed E-state index contributed by atoms with van der Waals surface area (Å²) in [5.41, 5.74) is 6.91. The maximum Gasteiger partial charge on any atom is 0.242 e. The van der Waals surface area contributed by atoms with Crippen molar-refractivity contribution in [2.45, 2.75) is 11.0 Å². The van der Waals surface area contributed by atoms with Gasteiger partial charge in [0.05, 0.1) is 18.1 Å². The van der Waals surface area contributed by atoms with Crippen LogP contribution >= 0.6 is 0 Å². The van der Waals surface area contributed by atoms with Crippen molar-refractivity contribution in [2.24, 2.45) is 5.73 Å². The Hall–Kier alpha value is -3.18. The van der Waals surface area contributed by atoms with Crippen LogP contribution in [0.2, 0.25) is 0 Å². The quantitative estimate of drug-likeness (QED) is 0.222. The average molecular weight is 500 g/mol. The van der Waals surface area contributed by atoms with E-state index >= 15 is 0 Å². The van der Waals surface area contributed by atoms with Gasteiger partial charge in [-0.25, -0.2) is 8.42 Å². The van der Waals surface area contributed by atoms with Gasteiger partial charge in [-0.3, -0.25) is 5.41 Å². The molecule has 0 fully saturated rings. The van der Waals surface area contributed by atoms with Gasteiger partial charge in [0, 0.05) is 44.5 Å². The first kappa shape index (κ1) is 26.4. The fourth-order valence-electron chi connectivity index (χ4n) is 3.62. The smallest absolute Gasteiger partial charge is 0.242 e. The maximum absolute atomic E-state index is 13.1. The van der Waals surface area contributed by atoms with Gasteiger partial charge in [-0.2, -0.15) is 4.31 Å². The minimum Gasteiger partial charge on any atom is -0.497 e. The molecule has 0 aromatic heterocycles. The van der Waals surface area contributed by atoms with Crippen LogP contribution in [0.5, 0.6) is 5.75 Å². The zero-order valence-electron chi connectivity index (χ0n) is 20.2. The van der Waals surface area contributed by atoms with Gasteiger partial charge in [0.2, 0.25) is 10.0 Å². The standard InChI is InChI=1S/C25H33N5O4S/c1-29(17-22(31)16-28-21-8-4-19(5-9-21)25(26)27)12-13-30(2)35(32,33)24-11-7-18-6-10-23(34-3)14-20(18)15-24/h4-11,14-15,22,28,31H,12-13,16-17H2,1-3H3,(H3,26,27). The topological polar surface area (TPSA) is 132 Å². The van der Waals surface area contributed by atoms with E-state index in [0.29, 0.717) is 30.9 Å². The highest BCUT2D eigenvalue weighted by Crippen LogP contribution is 2.25.